The van der Waals surface area contributed by atoms with Crippen LogP contribution in [-0.4, -0.2) is 30.4 Å². The third-order valence-electron chi connectivity index (χ3n) is 4.58. The highest BCUT2D eigenvalue weighted by atomic mass is 32.2. The fraction of sp³-hybridized carbons (Fsp3) is 0.174. The van der Waals surface area contributed by atoms with Crippen LogP contribution < -0.4 is 4.74 Å². The number of benzene rings is 3. The highest BCUT2D eigenvalue weighted by molar-refractivity contribution is 7.99. The zero-order valence-corrected chi connectivity index (χ0v) is 19.0. The van der Waals surface area contributed by atoms with Crippen LogP contribution in [0.4, 0.5) is 4.39 Å². The van der Waals surface area contributed by atoms with Crippen LogP contribution >= 0.6 is 11.8 Å². The Labute approximate surface area is 189 Å². The fourth-order valence-electron chi connectivity index (χ4n) is 3.04. The van der Waals surface area contributed by atoms with Crippen LogP contribution in [0.5, 0.6) is 17.2 Å². The fourth-order valence-corrected chi connectivity index (χ4v) is 5.44. The van der Waals surface area contributed by atoms with Gasteiger partial charge in [-0.1, -0.05) is 0 Å². The highest BCUT2D eigenvalue weighted by Crippen LogP contribution is 2.37. The number of ether oxygens (including phenoxy) is 1. The Morgan fingerprint density at radius 2 is 1.66 bits per heavy atom. The maximum absolute atomic E-state index is 13.2. The second-order valence-electron chi connectivity index (χ2n) is 7.07. The van der Waals surface area contributed by atoms with E-state index >= 15 is 0 Å². The number of phenols is 1. The van der Waals surface area contributed by atoms with Crippen LogP contribution in [0, 0.1) is 19.7 Å². The Bertz CT molecular complexity index is 1230. The molecule has 0 bridgehead atoms. The molecule has 0 radical (unpaired) electrons. The predicted molar refractivity (Wildman–Crippen MR) is 119 cm³/mol. The number of carbonyl (C=O) groups is 1. The lowest BCUT2D eigenvalue weighted by molar-refractivity contribution is -0.136. The molecule has 3 aromatic rings. The molecule has 0 spiro atoms. The second-order valence-corrected chi connectivity index (χ2v) is 10.2. The van der Waals surface area contributed by atoms with E-state index in [0.717, 1.165) is 40.3 Å². The Morgan fingerprint density at radius 1 is 1.03 bits per heavy atom. The normalized spacial score (nSPS) is 11.3. The summed E-state index contributed by atoms with van der Waals surface area (Å²) in [6.45, 7) is 3.67. The number of thioether (sulfide) groups is 1. The van der Waals surface area contributed by atoms with Gasteiger partial charge in [0.05, 0.1) is 11.3 Å². The summed E-state index contributed by atoms with van der Waals surface area (Å²) in [5, 5.41) is 18.9. The summed E-state index contributed by atoms with van der Waals surface area (Å²) in [4.78, 5) is 11.1. The standard InChI is InChI=1S/C23H21FO6S2/c1-14-11-18(31-10-9-22(26)27)12-15(2)23(14)30-17-5-8-20(25)21(13-17)32(28,29)19-6-3-16(24)4-7-19/h3-8,11-13,25H,9-10H2,1-2H3,(H,26,27). The number of hydrogen-bond donors (Lipinski definition) is 2. The topological polar surface area (TPSA) is 101 Å². The van der Waals surface area contributed by atoms with Gasteiger partial charge in [0, 0.05) is 16.7 Å². The lowest BCUT2D eigenvalue weighted by atomic mass is 10.1. The van der Waals surface area contributed by atoms with Crippen LogP contribution in [-0.2, 0) is 14.6 Å². The monoisotopic (exact) mass is 476 g/mol. The zero-order valence-electron chi connectivity index (χ0n) is 17.3. The van der Waals surface area contributed by atoms with Crippen molar-refractivity contribution >= 4 is 27.6 Å². The van der Waals surface area contributed by atoms with Crippen LogP contribution in [0.25, 0.3) is 0 Å². The molecule has 9 heteroatoms. The number of sulfone groups is 1. The lowest BCUT2D eigenvalue weighted by Crippen LogP contribution is -2.03. The second kappa shape index (κ2) is 9.62. The number of aryl methyl sites for hydroxylation is 2. The molecule has 0 saturated heterocycles. The quantitative estimate of drug-likeness (QED) is 0.334. The molecule has 0 aliphatic heterocycles. The van der Waals surface area contributed by atoms with Crippen molar-refractivity contribution in [3.63, 3.8) is 0 Å². The molecule has 3 rings (SSSR count). The van der Waals surface area contributed by atoms with Gasteiger partial charge in [-0.25, -0.2) is 12.8 Å². The van der Waals surface area contributed by atoms with Gasteiger partial charge in [-0.3, -0.25) is 4.79 Å². The zero-order chi connectivity index (χ0) is 23.5. The molecule has 0 atom stereocenters. The lowest BCUT2D eigenvalue weighted by Gasteiger charge is -2.15. The van der Waals surface area contributed by atoms with E-state index < -0.39 is 27.4 Å². The molecule has 2 N–H and O–H groups in total. The molecule has 32 heavy (non-hydrogen) atoms. The SMILES string of the molecule is Cc1cc(SCCC(=O)O)cc(C)c1Oc1ccc(O)c(S(=O)(=O)c2ccc(F)cc2)c1. The minimum atomic E-state index is -4.09. The van der Waals surface area contributed by atoms with Crippen molar-refractivity contribution in [3.05, 3.63) is 71.5 Å². The van der Waals surface area contributed by atoms with Crippen molar-refractivity contribution < 1.29 is 32.6 Å². The van der Waals surface area contributed by atoms with Crippen molar-refractivity contribution in [1.82, 2.24) is 0 Å². The average Bonchev–Trinajstić information content (AvgIpc) is 2.72. The van der Waals surface area contributed by atoms with Gasteiger partial charge in [-0.2, -0.15) is 0 Å². The summed E-state index contributed by atoms with van der Waals surface area (Å²) in [5.74, 6) is -0.688. The molecule has 0 fully saturated rings. The summed E-state index contributed by atoms with van der Waals surface area (Å²) in [5.41, 5.74) is 1.58. The van der Waals surface area contributed by atoms with Crippen molar-refractivity contribution in [3.8, 4) is 17.2 Å². The maximum atomic E-state index is 13.2. The summed E-state index contributed by atoms with van der Waals surface area (Å²) >= 11 is 1.42. The van der Waals surface area contributed by atoms with Crippen LogP contribution in [0.15, 0.2) is 69.3 Å². The van der Waals surface area contributed by atoms with E-state index in [2.05, 4.69) is 0 Å². The van der Waals surface area contributed by atoms with E-state index in [1.807, 2.05) is 26.0 Å². The number of aromatic hydroxyl groups is 1. The minimum Gasteiger partial charge on any atom is -0.507 e. The van der Waals surface area contributed by atoms with E-state index in [1.165, 1.54) is 30.0 Å². The summed E-state index contributed by atoms with van der Waals surface area (Å²) in [6, 6.07) is 12.0. The number of phenolic OH excluding ortho intramolecular Hbond substituents is 1. The molecule has 0 aliphatic rings. The van der Waals surface area contributed by atoms with Gasteiger partial charge in [0.25, 0.3) is 0 Å². The first-order valence-corrected chi connectivity index (χ1v) is 12.0. The van der Waals surface area contributed by atoms with Gasteiger partial charge < -0.3 is 14.9 Å². The number of halogens is 1. The average molecular weight is 477 g/mol. The summed E-state index contributed by atoms with van der Waals surface area (Å²) in [7, 11) is -4.09. The minimum absolute atomic E-state index is 0.0554. The Balaban J connectivity index is 1.89. The molecular weight excluding hydrogens is 455 g/mol. The van der Waals surface area contributed by atoms with Crippen molar-refractivity contribution in [2.75, 3.05) is 5.75 Å². The van der Waals surface area contributed by atoms with Gasteiger partial charge >= 0.3 is 5.97 Å². The smallest absolute Gasteiger partial charge is 0.304 e. The molecule has 0 aliphatic carbocycles. The number of aliphatic carboxylic acids is 1. The van der Waals surface area contributed by atoms with Crippen molar-refractivity contribution in [2.24, 2.45) is 0 Å². The van der Waals surface area contributed by atoms with E-state index in [9.17, 15) is 22.7 Å². The van der Waals surface area contributed by atoms with Gasteiger partial charge in [0.15, 0.2) is 0 Å². The van der Waals surface area contributed by atoms with Crippen molar-refractivity contribution in [1.29, 1.82) is 0 Å². The predicted octanol–water partition coefficient (Wildman–Crippen LogP) is 5.34. The van der Waals surface area contributed by atoms with E-state index in [0.29, 0.717) is 11.5 Å². The first-order chi connectivity index (χ1) is 15.1. The Hall–Kier alpha value is -3.04. The molecular formula is C23H21FO6S2. The third-order valence-corrected chi connectivity index (χ3v) is 7.36. The van der Waals surface area contributed by atoms with Crippen LogP contribution in [0.1, 0.15) is 17.5 Å². The molecule has 3 aromatic carbocycles. The van der Waals surface area contributed by atoms with E-state index in [1.54, 1.807) is 0 Å². The van der Waals surface area contributed by atoms with Gasteiger partial charge in [-0.05, 0) is 73.5 Å². The highest BCUT2D eigenvalue weighted by Gasteiger charge is 2.23. The summed E-state index contributed by atoms with van der Waals surface area (Å²) < 4.78 is 45.0. The third kappa shape index (κ3) is 5.41. The van der Waals surface area contributed by atoms with E-state index in [-0.39, 0.29) is 22.0 Å². The molecule has 0 aromatic heterocycles. The van der Waals surface area contributed by atoms with Crippen LogP contribution in [0.3, 0.4) is 0 Å². The Morgan fingerprint density at radius 3 is 2.25 bits per heavy atom. The van der Waals surface area contributed by atoms with Gasteiger partial charge in [0.2, 0.25) is 9.84 Å². The van der Waals surface area contributed by atoms with Crippen LogP contribution in [0.2, 0.25) is 0 Å². The van der Waals surface area contributed by atoms with Gasteiger partial charge in [-0.15, -0.1) is 11.8 Å². The van der Waals surface area contributed by atoms with E-state index in [4.69, 9.17) is 9.84 Å². The summed E-state index contributed by atoms with van der Waals surface area (Å²) in [6.07, 6.45) is 0.0554. The number of carboxylic acid groups (broad SMARTS) is 1. The number of hydrogen-bond acceptors (Lipinski definition) is 6. The maximum Gasteiger partial charge on any atom is 0.304 e. The number of rotatable bonds is 8. The molecule has 6 nitrogen and oxygen atoms in total. The van der Waals surface area contributed by atoms with Crippen molar-refractivity contribution in [2.45, 2.75) is 35.0 Å². The molecule has 0 heterocycles. The molecule has 0 unspecified atom stereocenters. The number of carboxylic acids is 1. The molecule has 168 valence electrons. The first-order valence-electron chi connectivity index (χ1n) is 9.55. The molecule has 0 amide bonds. The molecule has 0 saturated carbocycles. The first kappa shape index (κ1) is 23.6. The van der Waals surface area contributed by atoms with Gasteiger partial charge in [0.1, 0.15) is 28.0 Å². The largest absolute Gasteiger partial charge is 0.507 e. The Kier molecular flexibility index (Phi) is 7.10.